The number of hydrogen-bond acceptors (Lipinski definition) is 1. The van der Waals surface area contributed by atoms with Crippen molar-refractivity contribution >= 4 is 5.91 Å². The average Bonchev–Trinajstić information content (AvgIpc) is 2.02. The summed E-state index contributed by atoms with van der Waals surface area (Å²) in [7, 11) is 0. The van der Waals surface area contributed by atoms with Crippen LogP contribution >= 0.6 is 0 Å². The van der Waals surface area contributed by atoms with E-state index in [0.717, 1.165) is 12.8 Å². The second-order valence-electron chi connectivity index (χ2n) is 4.33. The summed E-state index contributed by atoms with van der Waals surface area (Å²) in [5, 5.41) is 3.04. The summed E-state index contributed by atoms with van der Waals surface area (Å²) in [5.41, 5.74) is 0.00292. The first-order valence-electron chi connectivity index (χ1n) is 4.97. The normalized spacial score (nSPS) is 33.8. The molecule has 2 heteroatoms. The molecule has 0 aliphatic heterocycles. The highest BCUT2D eigenvalue weighted by Gasteiger charge is 2.31. The molecule has 0 aromatic heterocycles. The lowest BCUT2D eigenvalue weighted by atomic mass is 9.77. The van der Waals surface area contributed by atoms with Crippen LogP contribution in [0.2, 0.25) is 0 Å². The lowest BCUT2D eigenvalue weighted by Crippen LogP contribution is -2.47. The molecule has 1 amide bonds. The van der Waals surface area contributed by atoms with Crippen LogP contribution in [-0.4, -0.2) is 11.4 Å². The van der Waals surface area contributed by atoms with Crippen molar-refractivity contribution < 1.29 is 4.79 Å². The van der Waals surface area contributed by atoms with E-state index >= 15 is 0 Å². The molecule has 13 heavy (non-hydrogen) atoms. The predicted octanol–water partition coefficient (Wildman–Crippen LogP) is 2.26. The van der Waals surface area contributed by atoms with Crippen molar-refractivity contribution in [3.63, 3.8) is 0 Å². The highest BCUT2D eigenvalue weighted by Crippen LogP contribution is 2.32. The Morgan fingerprint density at radius 1 is 1.69 bits per heavy atom. The van der Waals surface area contributed by atoms with Crippen LogP contribution in [0.5, 0.6) is 0 Å². The van der Waals surface area contributed by atoms with E-state index in [1.807, 2.05) is 6.08 Å². The number of rotatable bonds is 2. The van der Waals surface area contributed by atoms with E-state index in [0.29, 0.717) is 5.92 Å². The molecule has 0 saturated heterocycles. The topological polar surface area (TPSA) is 29.1 Å². The van der Waals surface area contributed by atoms with Gasteiger partial charge in [-0.1, -0.05) is 12.5 Å². The molecular weight excluding hydrogens is 162 g/mol. The molecule has 1 fully saturated rings. The molecule has 1 aliphatic carbocycles. The minimum Gasteiger partial charge on any atom is -0.351 e. The first kappa shape index (κ1) is 10.3. The number of hydrogen-bond donors (Lipinski definition) is 1. The predicted molar refractivity (Wildman–Crippen MR) is 54.4 cm³/mol. The zero-order valence-corrected chi connectivity index (χ0v) is 8.60. The fourth-order valence-electron chi connectivity index (χ4n) is 2.28. The molecule has 1 N–H and O–H groups in total. The van der Waals surface area contributed by atoms with Crippen LogP contribution in [0.25, 0.3) is 0 Å². The summed E-state index contributed by atoms with van der Waals surface area (Å²) >= 11 is 0. The van der Waals surface area contributed by atoms with Crippen LogP contribution in [0.15, 0.2) is 12.7 Å². The smallest absolute Gasteiger partial charge is 0.217 e. The van der Waals surface area contributed by atoms with Gasteiger partial charge in [-0.25, -0.2) is 0 Å². The Bertz CT molecular complexity index is 212. The monoisotopic (exact) mass is 181 g/mol. The Morgan fingerprint density at radius 3 is 2.92 bits per heavy atom. The van der Waals surface area contributed by atoms with E-state index in [4.69, 9.17) is 0 Å². The maximum atomic E-state index is 11.0. The van der Waals surface area contributed by atoms with Crippen molar-refractivity contribution in [1.82, 2.24) is 5.32 Å². The molecule has 0 aromatic rings. The second-order valence-corrected chi connectivity index (χ2v) is 4.33. The van der Waals surface area contributed by atoms with Gasteiger partial charge in [-0.2, -0.15) is 0 Å². The van der Waals surface area contributed by atoms with Gasteiger partial charge in [-0.3, -0.25) is 4.79 Å². The molecule has 0 aromatic carbocycles. The highest BCUT2D eigenvalue weighted by molar-refractivity contribution is 5.73. The Balaban J connectivity index is 2.56. The van der Waals surface area contributed by atoms with Crippen LogP contribution in [0.4, 0.5) is 0 Å². The summed E-state index contributed by atoms with van der Waals surface area (Å²) in [5.74, 6) is 0.651. The van der Waals surface area contributed by atoms with Gasteiger partial charge in [0.15, 0.2) is 0 Å². The standard InChI is InChI=1S/C11H19NO/c1-4-10-6-5-7-11(3,8-10)12-9(2)13/h4,10H,1,5-8H2,2-3H3,(H,12,13). The van der Waals surface area contributed by atoms with Crippen molar-refractivity contribution in [2.45, 2.75) is 45.1 Å². The van der Waals surface area contributed by atoms with Crippen molar-refractivity contribution in [2.24, 2.45) is 5.92 Å². The fourth-order valence-corrected chi connectivity index (χ4v) is 2.28. The Kier molecular flexibility index (Phi) is 3.12. The minimum atomic E-state index is 0.00292. The summed E-state index contributed by atoms with van der Waals surface area (Å²) in [4.78, 5) is 11.0. The van der Waals surface area contributed by atoms with Crippen molar-refractivity contribution in [1.29, 1.82) is 0 Å². The number of amides is 1. The van der Waals surface area contributed by atoms with E-state index in [9.17, 15) is 4.79 Å². The van der Waals surface area contributed by atoms with Crippen LogP contribution in [0.1, 0.15) is 39.5 Å². The van der Waals surface area contributed by atoms with Gasteiger partial charge in [0.1, 0.15) is 0 Å². The van der Waals surface area contributed by atoms with Gasteiger partial charge in [-0.15, -0.1) is 6.58 Å². The van der Waals surface area contributed by atoms with E-state index in [1.165, 1.54) is 12.8 Å². The molecule has 1 rings (SSSR count). The van der Waals surface area contributed by atoms with E-state index in [2.05, 4.69) is 18.8 Å². The molecule has 0 radical (unpaired) electrons. The molecule has 0 spiro atoms. The SMILES string of the molecule is C=CC1CCCC(C)(NC(C)=O)C1. The lowest BCUT2D eigenvalue weighted by molar-refractivity contribution is -0.121. The third kappa shape index (κ3) is 2.87. The second kappa shape index (κ2) is 3.95. The minimum absolute atomic E-state index is 0.00292. The molecule has 0 heterocycles. The first-order chi connectivity index (χ1) is 6.06. The van der Waals surface area contributed by atoms with Gasteiger partial charge in [0.2, 0.25) is 5.91 Å². The van der Waals surface area contributed by atoms with Gasteiger partial charge in [0.25, 0.3) is 0 Å². The Hall–Kier alpha value is -0.790. The molecule has 2 atom stereocenters. The summed E-state index contributed by atoms with van der Waals surface area (Å²) in [6.45, 7) is 7.53. The molecule has 2 unspecified atom stereocenters. The molecule has 0 bridgehead atoms. The lowest BCUT2D eigenvalue weighted by Gasteiger charge is -2.37. The van der Waals surface area contributed by atoms with Crippen molar-refractivity contribution in [2.75, 3.05) is 0 Å². The van der Waals surface area contributed by atoms with Gasteiger partial charge in [0, 0.05) is 12.5 Å². The third-order valence-corrected chi connectivity index (χ3v) is 2.83. The summed E-state index contributed by atoms with van der Waals surface area (Å²) in [6.07, 6.45) is 6.55. The quantitative estimate of drug-likeness (QED) is 0.650. The van der Waals surface area contributed by atoms with Gasteiger partial charge < -0.3 is 5.32 Å². The summed E-state index contributed by atoms with van der Waals surface area (Å²) < 4.78 is 0. The molecule has 74 valence electrons. The molecule has 1 aliphatic rings. The van der Waals surface area contributed by atoms with Gasteiger partial charge in [-0.05, 0) is 32.1 Å². The fraction of sp³-hybridized carbons (Fsp3) is 0.727. The number of allylic oxidation sites excluding steroid dienone is 1. The average molecular weight is 181 g/mol. The molecule has 2 nitrogen and oxygen atoms in total. The largest absolute Gasteiger partial charge is 0.351 e. The van der Waals surface area contributed by atoms with Crippen LogP contribution in [0.3, 0.4) is 0 Å². The number of carbonyl (C=O) groups is 1. The molecule has 1 saturated carbocycles. The van der Waals surface area contributed by atoms with E-state index < -0.39 is 0 Å². The van der Waals surface area contributed by atoms with Crippen molar-refractivity contribution in [3.8, 4) is 0 Å². The zero-order chi connectivity index (χ0) is 9.90. The van der Waals surface area contributed by atoms with Crippen LogP contribution in [-0.2, 0) is 4.79 Å². The highest BCUT2D eigenvalue weighted by atomic mass is 16.1. The maximum Gasteiger partial charge on any atom is 0.217 e. The zero-order valence-electron chi connectivity index (χ0n) is 8.60. The Morgan fingerprint density at radius 2 is 2.38 bits per heavy atom. The van der Waals surface area contributed by atoms with Crippen LogP contribution in [0, 0.1) is 5.92 Å². The first-order valence-corrected chi connectivity index (χ1v) is 4.97. The van der Waals surface area contributed by atoms with Crippen molar-refractivity contribution in [3.05, 3.63) is 12.7 Å². The van der Waals surface area contributed by atoms with E-state index in [-0.39, 0.29) is 11.4 Å². The Labute approximate surface area is 80.4 Å². The number of nitrogens with one attached hydrogen (secondary N) is 1. The molecular formula is C11H19NO. The van der Waals surface area contributed by atoms with Gasteiger partial charge >= 0.3 is 0 Å². The summed E-state index contributed by atoms with van der Waals surface area (Å²) in [6, 6.07) is 0. The maximum absolute atomic E-state index is 11.0. The van der Waals surface area contributed by atoms with Crippen LogP contribution < -0.4 is 5.32 Å². The van der Waals surface area contributed by atoms with E-state index in [1.54, 1.807) is 6.92 Å². The number of carbonyl (C=O) groups excluding carboxylic acids is 1. The van der Waals surface area contributed by atoms with Gasteiger partial charge in [0.05, 0.1) is 0 Å². The third-order valence-electron chi connectivity index (χ3n) is 2.83.